The van der Waals surface area contributed by atoms with Crippen molar-refractivity contribution in [3.05, 3.63) is 29.8 Å². The zero-order valence-electron chi connectivity index (χ0n) is 14.9. The Morgan fingerprint density at radius 1 is 1.25 bits per heavy atom. The van der Waals surface area contributed by atoms with Crippen molar-refractivity contribution in [2.75, 3.05) is 13.2 Å². The van der Waals surface area contributed by atoms with Crippen molar-refractivity contribution in [2.24, 2.45) is 11.3 Å². The van der Waals surface area contributed by atoms with Crippen molar-refractivity contribution in [3.8, 4) is 5.75 Å². The maximum Gasteiger partial charge on any atom is 0.311 e. The number of aliphatic carboxylic acids is 1. The van der Waals surface area contributed by atoms with Crippen LogP contribution < -0.4 is 10.1 Å². The predicted octanol–water partition coefficient (Wildman–Crippen LogP) is 2.98. The summed E-state index contributed by atoms with van der Waals surface area (Å²) in [7, 11) is 0. The van der Waals surface area contributed by atoms with E-state index in [1.54, 1.807) is 0 Å². The molecule has 1 amide bonds. The number of hydrogen-bond acceptors (Lipinski definition) is 3. The molecule has 2 N–H and O–H groups in total. The van der Waals surface area contributed by atoms with E-state index in [9.17, 15) is 14.7 Å². The van der Waals surface area contributed by atoms with Gasteiger partial charge in [-0.15, -0.1) is 0 Å². The lowest BCUT2D eigenvalue weighted by atomic mass is 9.83. The molecule has 1 aliphatic rings. The Hall–Kier alpha value is -2.04. The highest BCUT2D eigenvalue weighted by molar-refractivity contribution is 5.88. The second-order valence-corrected chi connectivity index (χ2v) is 7.62. The van der Waals surface area contributed by atoms with Crippen molar-refractivity contribution in [2.45, 2.75) is 46.0 Å². The maximum absolute atomic E-state index is 12.5. The summed E-state index contributed by atoms with van der Waals surface area (Å²) in [4.78, 5) is 23.7. The Bertz CT molecular complexity index is 600. The molecular weight excluding hydrogens is 306 g/mol. The molecule has 5 heteroatoms. The third-order valence-corrected chi connectivity index (χ3v) is 4.62. The summed E-state index contributed by atoms with van der Waals surface area (Å²) in [5, 5.41) is 12.0. The minimum atomic E-state index is -0.827. The van der Waals surface area contributed by atoms with Gasteiger partial charge in [0.1, 0.15) is 5.75 Å². The smallest absolute Gasteiger partial charge is 0.311 e. The SMILES string of the molecule is CC(C)COc1ccc(C(C)(C)C(=O)NCC2(C(=O)O)CC2)cc1. The first-order valence-corrected chi connectivity index (χ1v) is 8.42. The van der Waals surface area contributed by atoms with Crippen molar-refractivity contribution >= 4 is 11.9 Å². The molecule has 1 aromatic rings. The zero-order valence-corrected chi connectivity index (χ0v) is 14.9. The summed E-state index contributed by atoms with van der Waals surface area (Å²) in [6.45, 7) is 8.71. The Balaban J connectivity index is 1.98. The average Bonchev–Trinajstić information content (AvgIpc) is 3.32. The van der Waals surface area contributed by atoms with Gasteiger partial charge in [0.25, 0.3) is 0 Å². The van der Waals surface area contributed by atoms with E-state index in [0.717, 1.165) is 11.3 Å². The second kappa shape index (κ2) is 6.83. The minimum absolute atomic E-state index is 0.161. The molecule has 24 heavy (non-hydrogen) atoms. The van der Waals surface area contributed by atoms with Crippen LogP contribution in [-0.2, 0) is 15.0 Å². The lowest BCUT2D eigenvalue weighted by Crippen LogP contribution is -2.43. The number of hydrogen-bond donors (Lipinski definition) is 2. The quantitative estimate of drug-likeness (QED) is 0.767. The van der Waals surface area contributed by atoms with Crippen LogP contribution in [0.2, 0.25) is 0 Å². The number of amides is 1. The van der Waals surface area contributed by atoms with Gasteiger partial charge in [-0.05, 0) is 50.3 Å². The fraction of sp³-hybridized carbons (Fsp3) is 0.579. The predicted molar refractivity (Wildman–Crippen MR) is 92.1 cm³/mol. The van der Waals surface area contributed by atoms with Gasteiger partial charge in [-0.2, -0.15) is 0 Å². The van der Waals surface area contributed by atoms with Crippen molar-refractivity contribution in [1.82, 2.24) is 5.32 Å². The normalized spacial score (nSPS) is 15.9. The topological polar surface area (TPSA) is 75.6 Å². The van der Waals surface area contributed by atoms with Gasteiger partial charge in [0.05, 0.1) is 17.4 Å². The van der Waals surface area contributed by atoms with E-state index in [-0.39, 0.29) is 12.5 Å². The highest BCUT2D eigenvalue weighted by Gasteiger charge is 2.50. The van der Waals surface area contributed by atoms with Crippen molar-refractivity contribution in [3.63, 3.8) is 0 Å². The van der Waals surface area contributed by atoms with E-state index < -0.39 is 16.8 Å². The highest BCUT2D eigenvalue weighted by atomic mass is 16.5. The zero-order chi connectivity index (χ0) is 18.0. The van der Waals surface area contributed by atoms with Crippen LogP contribution in [0, 0.1) is 11.3 Å². The van der Waals surface area contributed by atoms with E-state index in [0.29, 0.717) is 25.4 Å². The molecule has 0 heterocycles. The largest absolute Gasteiger partial charge is 0.493 e. The Morgan fingerprint density at radius 2 is 1.83 bits per heavy atom. The molecule has 0 spiro atoms. The van der Waals surface area contributed by atoms with E-state index in [2.05, 4.69) is 19.2 Å². The molecule has 0 aliphatic heterocycles. The molecular formula is C19H27NO4. The van der Waals surface area contributed by atoms with E-state index in [1.165, 1.54) is 0 Å². The molecule has 1 saturated carbocycles. The first-order valence-electron chi connectivity index (χ1n) is 8.42. The number of rotatable bonds is 8. The fourth-order valence-electron chi connectivity index (χ4n) is 2.45. The van der Waals surface area contributed by atoms with E-state index in [4.69, 9.17) is 4.74 Å². The summed E-state index contributed by atoms with van der Waals surface area (Å²) >= 11 is 0. The van der Waals surface area contributed by atoms with Crippen LogP contribution in [0.5, 0.6) is 5.75 Å². The molecule has 0 bridgehead atoms. The number of ether oxygens (including phenoxy) is 1. The molecule has 0 saturated heterocycles. The molecule has 1 aromatic carbocycles. The first-order chi connectivity index (χ1) is 11.2. The summed E-state index contributed by atoms with van der Waals surface area (Å²) in [5.41, 5.74) is -0.608. The molecule has 0 unspecified atom stereocenters. The van der Waals surface area contributed by atoms with Crippen molar-refractivity contribution < 1.29 is 19.4 Å². The van der Waals surface area contributed by atoms with Gasteiger partial charge < -0.3 is 15.2 Å². The first kappa shape index (κ1) is 18.3. The fourth-order valence-corrected chi connectivity index (χ4v) is 2.45. The van der Waals surface area contributed by atoms with Gasteiger partial charge in [-0.1, -0.05) is 26.0 Å². The maximum atomic E-state index is 12.5. The van der Waals surface area contributed by atoms with Gasteiger partial charge in [0.2, 0.25) is 5.91 Å². The number of benzene rings is 1. The van der Waals surface area contributed by atoms with Gasteiger partial charge in [0, 0.05) is 6.54 Å². The minimum Gasteiger partial charge on any atom is -0.493 e. The number of carboxylic acids is 1. The average molecular weight is 333 g/mol. The number of carboxylic acid groups (broad SMARTS) is 1. The summed E-state index contributed by atoms with van der Waals surface area (Å²) in [6, 6.07) is 7.51. The van der Waals surface area contributed by atoms with Crippen LogP contribution in [0.1, 0.15) is 46.1 Å². The molecule has 0 radical (unpaired) electrons. The molecule has 132 valence electrons. The van der Waals surface area contributed by atoms with E-state index in [1.807, 2.05) is 38.1 Å². The van der Waals surface area contributed by atoms with Gasteiger partial charge >= 0.3 is 5.97 Å². The Morgan fingerprint density at radius 3 is 2.29 bits per heavy atom. The lowest BCUT2D eigenvalue weighted by Gasteiger charge is -2.25. The molecule has 0 atom stereocenters. The highest BCUT2D eigenvalue weighted by Crippen LogP contribution is 2.45. The summed E-state index contributed by atoms with van der Waals surface area (Å²) in [6.07, 6.45) is 1.26. The van der Waals surface area contributed by atoms with Gasteiger partial charge in [-0.3, -0.25) is 9.59 Å². The Labute approximate surface area is 143 Å². The standard InChI is InChI=1S/C19H27NO4/c1-13(2)11-24-15-7-5-14(6-8-15)18(3,4)16(21)20-12-19(9-10-19)17(22)23/h5-8,13H,9-12H2,1-4H3,(H,20,21)(H,22,23). The third-order valence-electron chi connectivity index (χ3n) is 4.62. The van der Waals surface area contributed by atoms with Crippen LogP contribution in [0.25, 0.3) is 0 Å². The number of carbonyl (C=O) groups is 2. The van der Waals surface area contributed by atoms with Crippen molar-refractivity contribution in [1.29, 1.82) is 0 Å². The Kier molecular flexibility index (Phi) is 5.21. The summed E-state index contributed by atoms with van der Waals surface area (Å²) < 4.78 is 5.66. The summed E-state index contributed by atoms with van der Waals surface area (Å²) in [5.74, 6) is 0.250. The van der Waals surface area contributed by atoms with Gasteiger partial charge in [-0.25, -0.2) is 0 Å². The molecule has 1 fully saturated rings. The van der Waals surface area contributed by atoms with E-state index >= 15 is 0 Å². The van der Waals surface area contributed by atoms with Crippen LogP contribution >= 0.6 is 0 Å². The molecule has 1 aliphatic carbocycles. The number of carbonyl (C=O) groups excluding carboxylic acids is 1. The molecule has 5 nitrogen and oxygen atoms in total. The third kappa shape index (κ3) is 4.08. The second-order valence-electron chi connectivity index (χ2n) is 7.62. The number of nitrogens with one attached hydrogen (secondary N) is 1. The van der Waals surface area contributed by atoms with Crippen LogP contribution in [0.15, 0.2) is 24.3 Å². The lowest BCUT2D eigenvalue weighted by molar-refractivity contribution is -0.143. The molecule has 2 rings (SSSR count). The van der Waals surface area contributed by atoms with Crippen LogP contribution in [0.4, 0.5) is 0 Å². The van der Waals surface area contributed by atoms with Crippen LogP contribution in [0.3, 0.4) is 0 Å². The molecule has 0 aromatic heterocycles. The van der Waals surface area contributed by atoms with Gasteiger partial charge in [0.15, 0.2) is 0 Å². The van der Waals surface area contributed by atoms with Crippen LogP contribution in [-0.4, -0.2) is 30.1 Å². The monoisotopic (exact) mass is 333 g/mol.